The van der Waals surface area contributed by atoms with Crippen LogP contribution in [0.2, 0.25) is 0 Å². The molecule has 2 aliphatic rings. The van der Waals surface area contributed by atoms with Gasteiger partial charge in [-0.05, 0) is 18.8 Å². The monoisotopic (exact) mass is 217 g/mol. The highest BCUT2D eigenvalue weighted by molar-refractivity contribution is 5.09. The average molecular weight is 217 g/mol. The zero-order chi connectivity index (χ0) is 10.9. The Bertz CT molecular complexity index is 216. The molecule has 0 aromatic rings. The van der Waals surface area contributed by atoms with E-state index in [1.807, 2.05) is 0 Å². The van der Waals surface area contributed by atoms with Crippen molar-refractivity contribution in [3.63, 3.8) is 0 Å². The summed E-state index contributed by atoms with van der Waals surface area (Å²) in [6.45, 7) is 0. The summed E-state index contributed by atoms with van der Waals surface area (Å²) in [5.41, 5.74) is 4.49. The van der Waals surface area contributed by atoms with Gasteiger partial charge in [-0.15, -0.1) is 0 Å². The first-order valence-corrected chi connectivity index (χ1v) is 6.20. The fraction of sp³-hybridized carbons (Fsp3) is 1.00. The lowest BCUT2D eigenvalue weighted by Crippen LogP contribution is -2.44. The van der Waals surface area contributed by atoms with Gasteiger partial charge in [-0.2, -0.15) is 0 Å². The van der Waals surface area contributed by atoms with Gasteiger partial charge in [0.15, 0.2) is 0 Å². The Balaban J connectivity index is 1.89. The quantitative estimate of drug-likeness (QED) is 0.720. The Kier molecular flexibility index (Phi) is 3.02. The van der Waals surface area contributed by atoms with E-state index < -0.39 is 11.5 Å². The first-order chi connectivity index (χ1) is 7.04. The summed E-state index contributed by atoms with van der Waals surface area (Å²) in [5, 5.41) is 0. The Labute approximate surface area is 90.4 Å². The zero-order valence-corrected chi connectivity index (χ0v) is 9.27. The molecular formula is C12H21F2N. The molecule has 0 aliphatic heterocycles. The minimum absolute atomic E-state index is 0.0313. The SMILES string of the molecule is NC1(C(F)(F)CC2CCCCCC2)CC1. The lowest BCUT2D eigenvalue weighted by molar-refractivity contribution is -0.0581. The maximum Gasteiger partial charge on any atom is 0.265 e. The van der Waals surface area contributed by atoms with Crippen LogP contribution in [-0.2, 0) is 0 Å². The van der Waals surface area contributed by atoms with E-state index in [0.717, 1.165) is 25.7 Å². The highest BCUT2D eigenvalue weighted by Gasteiger charge is 2.59. The molecule has 0 bridgehead atoms. The first-order valence-electron chi connectivity index (χ1n) is 6.20. The van der Waals surface area contributed by atoms with Crippen LogP contribution < -0.4 is 5.73 Å². The maximum absolute atomic E-state index is 13.8. The van der Waals surface area contributed by atoms with Gasteiger partial charge in [-0.3, -0.25) is 0 Å². The molecule has 0 amide bonds. The zero-order valence-electron chi connectivity index (χ0n) is 9.27. The van der Waals surface area contributed by atoms with Crippen LogP contribution in [0.3, 0.4) is 0 Å². The predicted molar refractivity (Wildman–Crippen MR) is 56.9 cm³/mol. The minimum Gasteiger partial charge on any atom is -0.320 e. The van der Waals surface area contributed by atoms with Gasteiger partial charge in [0.2, 0.25) is 0 Å². The van der Waals surface area contributed by atoms with Crippen molar-refractivity contribution >= 4 is 0 Å². The lowest BCUT2D eigenvalue weighted by Gasteiger charge is -2.27. The molecule has 1 nitrogen and oxygen atoms in total. The topological polar surface area (TPSA) is 26.0 Å². The van der Waals surface area contributed by atoms with Gasteiger partial charge in [0.25, 0.3) is 5.92 Å². The normalized spacial score (nSPS) is 27.4. The molecular weight excluding hydrogens is 196 g/mol. The molecule has 2 N–H and O–H groups in total. The number of halogens is 2. The van der Waals surface area contributed by atoms with Crippen molar-refractivity contribution < 1.29 is 8.78 Å². The summed E-state index contributed by atoms with van der Waals surface area (Å²) in [7, 11) is 0. The Morgan fingerprint density at radius 2 is 1.60 bits per heavy atom. The number of hydrogen-bond acceptors (Lipinski definition) is 1. The average Bonchev–Trinajstić information content (AvgIpc) is 2.91. The standard InChI is InChI=1S/C12H21F2N/c13-12(14,11(15)7-8-11)9-10-5-3-1-2-4-6-10/h10H,1-9,15H2. The fourth-order valence-corrected chi connectivity index (χ4v) is 2.63. The van der Waals surface area contributed by atoms with Crippen LogP contribution in [0.15, 0.2) is 0 Å². The van der Waals surface area contributed by atoms with Crippen LogP contribution in [0.1, 0.15) is 57.8 Å². The van der Waals surface area contributed by atoms with Crippen molar-refractivity contribution in [3.05, 3.63) is 0 Å². The third kappa shape index (κ3) is 2.49. The number of alkyl halides is 2. The molecule has 0 radical (unpaired) electrons. The molecule has 0 atom stereocenters. The van der Waals surface area contributed by atoms with E-state index >= 15 is 0 Å². The van der Waals surface area contributed by atoms with Gasteiger partial charge in [0.05, 0.1) is 5.54 Å². The molecule has 2 rings (SSSR count). The highest BCUT2D eigenvalue weighted by atomic mass is 19.3. The molecule has 2 aliphatic carbocycles. The smallest absolute Gasteiger partial charge is 0.265 e. The van der Waals surface area contributed by atoms with Crippen LogP contribution in [0, 0.1) is 5.92 Å². The van der Waals surface area contributed by atoms with E-state index in [1.165, 1.54) is 12.8 Å². The van der Waals surface area contributed by atoms with E-state index in [9.17, 15) is 8.78 Å². The third-order valence-corrected chi connectivity index (χ3v) is 4.04. The molecule has 88 valence electrons. The van der Waals surface area contributed by atoms with Crippen molar-refractivity contribution in [2.24, 2.45) is 11.7 Å². The molecule has 0 unspecified atom stereocenters. The summed E-state index contributed by atoms with van der Waals surface area (Å²) in [4.78, 5) is 0. The highest BCUT2D eigenvalue weighted by Crippen LogP contribution is 2.49. The number of hydrogen-bond donors (Lipinski definition) is 1. The first kappa shape index (κ1) is 11.3. The van der Waals surface area contributed by atoms with E-state index in [0.29, 0.717) is 12.8 Å². The van der Waals surface area contributed by atoms with Crippen molar-refractivity contribution in [2.45, 2.75) is 69.2 Å². The summed E-state index contributed by atoms with van der Waals surface area (Å²) < 4.78 is 27.6. The summed E-state index contributed by atoms with van der Waals surface area (Å²) in [6, 6.07) is 0. The Hall–Kier alpha value is -0.180. The van der Waals surface area contributed by atoms with Crippen LogP contribution in [0.5, 0.6) is 0 Å². The molecule has 0 heterocycles. The molecule has 2 fully saturated rings. The maximum atomic E-state index is 13.8. The third-order valence-electron chi connectivity index (χ3n) is 4.04. The molecule has 0 saturated heterocycles. The second-order valence-electron chi connectivity index (χ2n) is 5.42. The minimum atomic E-state index is -2.62. The van der Waals surface area contributed by atoms with Gasteiger partial charge in [-0.1, -0.05) is 38.5 Å². The molecule has 0 spiro atoms. The van der Waals surface area contributed by atoms with Crippen molar-refractivity contribution in [2.75, 3.05) is 0 Å². The Morgan fingerprint density at radius 1 is 1.07 bits per heavy atom. The van der Waals surface area contributed by atoms with Crippen LogP contribution in [0.4, 0.5) is 8.78 Å². The summed E-state index contributed by atoms with van der Waals surface area (Å²) in [5.74, 6) is -2.41. The molecule has 2 saturated carbocycles. The molecule has 3 heteroatoms. The van der Waals surface area contributed by atoms with E-state index in [1.54, 1.807) is 0 Å². The van der Waals surface area contributed by atoms with Crippen molar-refractivity contribution in [1.82, 2.24) is 0 Å². The van der Waals surface area contributed by atoms with E-state index in [2.05, 4.69) is 0 Å². The largest absolute Gasteiger partial charge is 0.320 e. The molecule has 0 aromatic heterocycles. The fourth-order valence-electron chi connectivity index (χ4n) is 2.63. The molecule has 15 heavy (non-hydrogen) atoms. The van der Waals surface area contributed by atoms with E-state index in [4.69, 9.17) is 5.73 Å². The Morgan fingerprint density at radius 3 is 2.07 bits per heavy atom. The van der Waals surface area contributed by atoms with Crippen LogP contribution >= 0.6 is 0 Å². The second kappa shape index (κ2) is 4.00. The van der Waals surface area contributed by atoms with Gasteiger partial charge >= 0.3 is 0 Å². The number of rotatable bonds is 3. The van der Waals surface area contributed by atoms with Gasteiger partial charge in [-0.25, -0.2) is 8.78 Å². The van der Waals surface area contributed by atoms with Gasteiger partial charge in [0, 0.05) is 6.42 Å². The second-order valence-corrected chi connectivity index (χ2v) is 5.42. The van der Waals surface area contributed by atoms with Crippen molar-refractivity contribution in [1.29, 1.82) is 0 Å². The predicted octanol–water partition coefficient (Wildman–Crippen LogP) is 3.47. The van der Waals surface area contributed by atoms with Crippen molar-refractivity contribution in [3.8, 4) is 0 Å². The summed E-state index contributed by atoms with van der Waals surface area (Å²) >= 11 is 0. The number of nitrogens with two attached hydrogens (primary N) is 1. The van der Waals surface area contributed by atoms with Crippen LogP contribution in [-0.4, -0.2) is 11.5 Å². The molecule has 0 aromatic carbocycles. The van der Waals surface area contributed by atoms with Gasteiger partial charge < -0.3 is 5.73 Å². The lowest BCUT2D eigenvalue weighted by atomic mass is 9.89. The van der Waals surface area contributed by atoms with Crippen LogP contribution in [0.25, 0.3) is 0 Å². The van der Waals surface area contributed by atoms with E-state index in [-0.39, 0.29) is 12.3 Å². The summed E-state index contributed by atoms with van der Waals surface area (Å²) in [6.07, 6.45) is 7.68. The van der Waals surface area contributed by atoms with Gasteiger partial charge in [0.1, 0.15) is 0 Å².